The second kappa shape index (κ2) is 53.3. The first-order chi connectivity index (χ1) is 34.5. The lowest BCUT2D eigenvalue weighted by atomic mass is 10.0. The highest BCUT2D eigenvalue weighted by Gasteiger charge is 2.27. The van der Waals surface area contributed by atoms with Crippen molar-refractivity contribution in [1.29, 1.82) is 0 Å². The highest BCUT2D eigenvalue weighted by Crippen LogP contribution is 2.43. The van der Waals surface area contributed by atoms with Crippen molar-refractivity contribution < 1.29 is 42.1 Å². The molecule has 0 fully saturated rings. The van der Waals surface area contributed by atoms with Gasteiger partial charge in [-0.05, 0) is 44.9 Å². The second-order valence-corrected chi connectivity index (χ2v) is 23.6. The molecular formula is C61H119NO8P+. The Balaban J connectivity index is 4.09. The minimum absolute atomic E-state index is 0.0333. The fraction of sp³-hybridized carbons (Fsp3) is 0.902. The summed E-state index contributed by atoms with van der Waals surface area (Å²) >= 11 is 0. The van der Waals surface area contributed by atoms with Gasteiger partial charge in [-0.3, -0.25) is 18.6 Å². The second-order valence-electron chi connectivity index (χ2n) is 22.1. The number of hydrogen-bond acceptors (Lipinski definition) is 7. The van der Waals surface area contributed by atoms with Crippen molar-refractivity contribution in [3.8, 4) is 0 Å². The number of quaternary nitrogens is 1. The highest BCUT2D eigenvalue weighted by atomic mass is 31.2. The molecule has 0 radical (unpaired) electrons. The molecule has 0 saturated heterocycles. The van der Waals surface area contributed by atoms with Gasteiger partial charge in [-0.2, -0.15) is 0 Å². The standard InChI is InChI=1S/C61H118NO8P/c1-6-8-10-12-14-16-18-20-22-24-26-28-29-30-31-32-34-35-37-39-41-43-45-47-49-51-53-60(63)67-57-59(58-69-71(65,66)68-56-55-62(3,4)5)70-61(64)54-52-50-48-46-44-42-40-38-36-33-27-25-23-21-19-17-15-13-11-9-7-2/h19,21,25,27,59H,6-18,20,22-24,26,28-58H2,1-5H3/p+1/b21-19-,27-25-. The van der Waals surface area contributed by atoms with Gasteiger partial charge >= 0.3 is 19.8 Å². The van der Waals surface area contributed by atoms with Crippen LogP contribution in [0.25, 0.3) is 0 Å². The van der Waals surface area contributed by atoms with Crippen LogP contribution in [-0.2, 0) is 32.7 Å². The summed E-state index contributed by atoms with van der Waals surface area (Å²) in [5, 5.41) is 0. The number of esters is 2. The molecule has 0 aliphatic carbocycles. The molecule has 420 valence electrons. The van der Waals surface area contributed by atoms with Crippen molar-refractivity contribution in [1.82, 2.24) is 0 Å². The molecule has 0 rings (SSSR count). The number of phosphoric ester groups is 1. The maximum atomic E-state index is 12.8. The number of carbonyl (C=O) groups excluding carboxylic acids is 2. The van der Waals surface area contributed by atoms with Crippen molar-refractivity contribution in [3.05, 3.63) is 24.3 Å². The zero-order valence-electron chi connectivity index (χ0n) is 47.7. The first-order valence-electron chi connectivity index (χ1n) is 30.6. The third-order valence-electron chi connectivity index (χ3n) is 13.7. The Morgan fingerprint density at radius 1 is 0.437 bits per heavy atom. The van der Waals surface area contributed by atoms with Crippen LogP contribution >= 0.6 is 7.82 Å². The summed E-state index contributed by atoms with van der Waals surface area (Å²) in [5.41, 5.74) is 0. The van der Waals surface area contributed by atoms with Gasteiger partial charge in [0, 0.05) is 12.8 Å². The van der Waals surface area contributed by atoms with Crippen LogP contribution in [-0.4, -0.2) is 74.9 Å². The number of carbonyl (C=O) groups is 2. The van der Waals surface area contributed by atoms with Crippen LogP contribution in [0.3, 0.4) is 0 Å². The molecule has 10 heteroatoms. The quantitative estimate of drug-likeness (QED) is 0.0211. The fourth-order valence-electron chi connectivity index (χ4n) is 8.99. The largest absolute Gasteiger partial charge is 0.472 e. The number of rotatable bonds is 57. The molecule has 0 amide bonds. The van der Waals surface area contributed by atoms with Crippen LogP contribution < -0.4 is 0 Å². The van der Waals surface area contributed by atoms with Gasteiger partial charge in [0.25, 0.3) is 0 Å². The molecule has 0 heterocycles. The molecule has 1 N–H and O–H groups in total. The Morgan fingerprint density at radius 3 is 1.11 bits per heavy atom. The normalized spacial score (nSPS) is 13.4. The number of likely N-dealkylation sites (N-methyl/N-ethyl adjacent to an activating group) is 1. The van der Waals surface area contributed by atoms with Crippen LogP contribution in [0.1, 0.15) is 303 Å². The van der Waals surface area contributed by atoms with Gasteiger partial charge in [-0.1, -0.05) is 269 Å². The predicted molar refractivity (Wildman–Crippen MR) is 303 cm³/mol. The van der Waals surface area contributed by atoms with Crippen LogP contribution in [0, 0.1) is 0 Å². The number of unbranched alkanes of at least 4 members (excludes halogenated alkanes) is 39. The lowest BCUT2D eigenvalue weighted by Gasteiger charge is -2.24. The number of allylic oxidation sites excluding steroid dienone is 4. The lowest BCUT2D eigenvalue weighted by molar-refractivity contribution is -0.870. The van der Waals surface area contributed by atoms with E-state index < -0.39 is 26.5 Å². The zero-order valence-corrected chi connectivity index (χ0v) is 48.6. The van der Waals surface area contributed by atoms with Crippen molar-refractivity contribution in [2.24, 2.45) is 0 Å². The third kappa shape index (κ3) is 57.6. The molecule has 0 saturated carbocycles. The lowest BCUT2D eigenvalue weighted by Crippen LogP contribution is -2.37. The number of hydrogen-bond donors (Lipinski definition) is 1. The molecule has 0 aromatic rings. The van der Waals surface area contributed by atoms with Crippen LogP contribution in [0.5, 0.6) is 0 Å². The van der Waals surface area contributed by atoms with Crippen LogP contribution in [0.2, 0.25) is 0 Å². The smallest absolute Gasteiger partial charge is 0.462 e. The van der Waals surface area contributed by atoms with Gasteiger partial charge in [-0.25, -0.2) is 4.57 Å². The van der Waals surface area contributed by atoms with E-state index in [0.717, 1.165) is 44.9 Å². The Labute approximate surface area is 440 Å². The van der Waals surface area contributed by atoms with Gasteiger partial charge in [0.05, 0.1) is 27.7 Å². The monoisotopic (exact) mass is 1020 g/mol. The van der Waals surface area contributed by atoms with Gasteiger partial charge < -0.3 is 18.9 Å². The van der Waals surface area contributed by atoms with Crippen molar-refractivity contribution in [2.45, 2.75) is 309 Å². The summed E-state index contributed by atoms with van der Waals surface area (Å²) in [6, 6.07) is 0. The van der Waals surface area contributed by atoms with E-state index in [1.165, 1.54) is 225 Å². The summed E-state index contributed by atoms with van der Waals surface area (Å²) in [6.45, 7) is 4.48. The fourth-order valence-corrected chi connectivity index (χ4v) is 9.73. The molecule has 71 heavy (non-hydrogen) atoms. The van der Waals surface area contributed by atoms with E-state index in [2.05, 4.69) is 38.2 Å². The molecule has 0 aliphatic heterocycles. The topological polar surface area (TPSA) is 108 Å². The molecular weight excluding hydrogens is 906 g/mol. The average Bonchev–Trinajstić information content (AvgIpc) is 3.33. The first kappa shape index (κ1) is 69.5. The number of nitrogens with zero attached hydrogens (tertiary/aromatic N) is 1. The van der Waals surface area contributed by atoms with E-state index >= 15 is 0 Å². The van der Waals surface area contributed by atoms with E-state index in [0.29, 0.717) is 23.9 Å². The van der Waals surface area contributed by atoms with E-state index in [4.69, 9.17) is 18.5 Å². The maximum absolute atomic E-state index is 12.8. The number of phosphoric acid groups is 1. The molecule has 0 aromatic heterocycles. The molecule has 0 bridgehead atoms. The Hall–Kier alpha value is -1.51. The van der Waals surface area contributed by atoms with E-state index in [-0.39, 0.29) is 25.6 Å². The minimum atomic E-state index is -4.38. The van der Waals surface area contributed by atoms with Gasteiger partial charge in [-0.15, -0.1) is 0 Å². The average molecular weight is 1030 g/mol. The summed E-state index contributed by atoms with van der Waals surface area (Å²) in [5.74, 6) is -0.785. The molecule has 9 nitrogen and oxygen atoms in total. The summed E-state index contributed by atoms with van der Waals surface area (Å²) < 4.78 is 34.6. The molecule has 0 aromatic carbocycles. The van der Waals surface area contributed by atoms with Gasteiger partial charge in [0.15, 0.2) is 6.10 Å². The predicted octanol–water partition coefficient (Wildman–Crippen LogP) is 19.0. The SMILES string of the molecule is CCCCCCC/C=C\C/C=C\CCCCCCCCCCCC(=O)OC(COC(=O)CCCCCCCCCCCCCCCCCCCCCCCCCCCC)COP(=O)(O)OCC[N+](C)(C)C. The molecule has 0 aliphatic rings. The maximum Gasteiger partial charge on any atom is 0.472 e. The highest BCUT2D eigenvalue weighted by molar-refractivity contribution is 7.47. The Bertz CT molecular complexity index is 1250. The molecule has 2 unspecified atom stereocenters. The first-order valence-corrected chi connectivity index (χ1v) is 32.1. The summed E-state index contributed by atoms with van der Waals surface area (Å²) in [4.78, 5) is 35.7. The summed E-state index contributed by atoms with van der Waals surface area (Å²) in [7, 11) is 1.49. The zero-order chi connectivity index (χ0) is 52.0. The van der Waals surface area contributed by atoms with Crippen LogP contribution in [0.4, 0.5) is 0 Å². The number of ether oxygens (including phenoxy) is 2. The van der Waals surface area contributed by atoms with E-state index in [9.17, 15) is 19.0 Å². The molecule has 2 atom stereocenters. The van der Waals surface area contributed by atoms with Crippen molar-refractivity contribution in [3.63, 3.8) is 0 Å². The Morgan fingerprint density at radius 2 is 0.761 bits per heavy atom. The summed E-state index contributed by atoms with van der Waals surface area (Å²) in [6.07, 6.45) is 64.0. The van der Waals surface area contributed by atoms with Crippen molar-refractivity contribution >= 4 is 19.8 Å². The van der Waals surface area contributed by atoms with Gasteiger partial charge in [0.1, 0.15) is 19.8 Å². The third-order valence-corrected chi connectivity index (χ3v) is 14.7. The van der Waals surface area contributed by atoms with E-state index in [1.54, 1.807) is 0 Å². The van der Waals surface area contributed by atoms with Crippen LogP contribution in [0.15, 0.2) is 24.3 Å². The molecule has 0 spiro atoms. The minimum Gasteiger partial charge on any atom is -0.462 e. The van der Waals surface area contributed by atoms with Crippen molar-refractivity contribution in [2.75, 3.05) is 47.5 Å². The van der Waals surface area contributed by atoms with E-state index in [1.807, 2.05) is 21.1 Å². The Kier molecular flexibility index (Phi) is 52.2. The van der Waals surface area contributed by atoms with Gasteiger partial charge in [0.2, 0.25) is 0 Å².